The first-order valence-electron chi connectivity index (χ1n) is 7.91. The number of hydrogen-bond acceptors (Lipinski definition) is 3. The van der Waals surface area contributed by atoms with E-state index in [1.54, 1.807) is 12.1 Å². The molecule has 0 bridgehead atoms. The third-order valence-electron chi connectivity index (χ3n) is 3.78. The van der Waals surface area contributed by atoms with E-state index in [0.717, 1.165) is 13.0 Å². The number of rotatable bonds is 10. The predicted molar refractivity (Wildman–Crippen MR) is 93.8 cm³/mol. The molecule has 0 aliphatic carbocycles. The molecule has 0 spiro atoms. The topological polar surface area (TPSA) is 37.4 Å². The van der Waals surface area contributed by atoms with Crippen molar-refractivity contribution in [3.63, 3.8) is 0 Å². The smallest absolute Gasteiger partial charge is 0.175 e. The normalized spacial score (nSPS) is 12.6. The van der Waals surface area contributed by atoms with E-state index in [1.807, 2.05) is 12.1 Å². The van der Waals surface area contributed by atoms with Gasteiger partial charge in [0.25, 0.3) is 0 Å². The van der Waals surface area contributed by atoms with Gasteiger partial charge in [-0.1, -0.05) is 37.6 Å². The number of benzene rings is 1. The molecule has 0 saturated carbocycles. The quantitative estimate of drug-likeness (QED) is 0.489. The van der Waals surface area contributed by atoms with Crippen LogP contribution in [-0.4, -0.2) is 49.2 Å². The van der Waals surface area contributed by atoms with Crippen molar-refractivity contribution >= 4 is 19.4 Å². The molecule has 1 aromatic carbocycles. The van der Waals surface area contributed by atoms with Crippen LogP contribution in [0.2, 0.25) is 12.1 Å². The number of nitrogens with zero attached hydrogens (tertiary/aromatic N) is 1. The maximum Gasteiger partial charge on any atom is 0.175 e. The lowest BCUT2D eigenvalue weighted by molar-refractivity contribution is 0.339. The molecule has 0 fully saturated rings. The van der Waals surface area contributed by atoms with Crippen molar-refractivity contribution in [2.24, 2.45) is 0 Å². The lowest BCUT2D eigenvalue weighted by atomic mass is 10.1. The molecular formula is C16H29NO2SSi. The zero-order chi connectivity index (χ0) is 15.7. The van der Waals surface area contributed by atoms with Gasteiger partial charge in [0, 0.05) is 22.3 Å². The highest BCUT2D eigenvalue weighted by Gasteiger charge is 2.06. The molecule has 120 valence electrons. The lowest BCUT2D eigenvalue weighted by Crippen LogP contribution is -2.22. The molecule has 0 amide bonds. The van der Waals surface area contributed by atoms with Gasteiger partial charge in [-0.05, 0) is 44.1 Å². The Hall–Kier alpha value is -0.653. The fourth-order valence-corrected chi connectivity index (χ4v) is 4.38. The summed E-state index contributed by atoms with van der Waals surface area (Å²) in [5.74, 6) is 0. The lowest BCUT2D eigenvalue weighted by Gasteiger charge is -2.16. The Labute approximate surface area is 132 Å². The summed E-state index contributed by atoms with van der Waals surface area (Å²) in [5.41, 5.74) is 1.20. The van der Waals surface area contributed by atoms with Gasteiger partial charge in [-0.3, -0.25) is 0 Å². The Bertz CT molecular complexity index is 500. The maximum atomic E-state index is 11.4. The van der Waals surface area contributed by atoms with E-state index >= 15 is 0 Å². The second kappa shape index (κ2) is 9.38. The van der Waals surface area contributed by atoms with Crippen molar-refractivity contribution < 1.29 is 8.42 Å². The molecule has 3 nitrogen and oxygen atoms in total. The SMILES string of the molecule is CCC[SiH2]CCCN(C)CCc1ccc(S(C)(=O)=O)cc1. The van der Waals surface area contributed by atoms with Crippen molar-refractivity contribution in [3.05, 3.63) is 29.8 Å². The highest BCUT2D eigenvalue weighted by atomic mass is 32.2. The first kappa shape index (κ1) is 18.4. The molecule has 21 heavy (non-hydrogen) atoms. The van der Waals surface area contributed by atoms with Gasteiger partial charge in [-0.2, -0.15) is 0 Å². The fourth-order valence-electron chi connectivity index (χ4n) is 2.32. The summed E-state index contributed by atoms with van der Waals surface area (Å²) in [6.45, 7) is 4.49. The van der Waals surface area contributed by atoms with E-state index in [4.69, 9.17) is 0 Å². The van der Waals surface area contributed by atoms with Crippen LogP contribution in [-0.2, 0) is 16.3 Å². The summed E-state index contributed by atoms with van der Waals surface area (Å²) in [4.78, 5) is 2.78. The van der Waals surface area contributed by atoms with Crippen LogP contribution in [0.1, 0.15) is 25.3 Å². The van der Waals surface area contributed by atoms with Gasteiger partial charge >= 0.3 is 0 Å². The predicted octanol–water partition coefficient (Wildman–Crippen LogP) is 2.37. The molecule has 0 radical (unpaired) electrons. The first-order valence-corrected chi connectivity index (χ1v) is 11.8. The van der Waals surface area contributed by atoms with E-state index < -0.39 is 9.84 Å². The third-order valence-corrected chi connectivity index (χ3v) is 7.11. The number of likely N-dealkylation sites (N-methyl/N-ethyl adjacent to an activating group) is 1. The zero-order valence-corrected chi connectivity index (χ0v) is 15.9. The Morgan fingerprint density at radius 1 is 1.10 bits per heavy atom. The van der Waals surface area contributed by atoms with Crippen molar-refractivity contribution in [1.82, 2.24) is 4.90 Å². The van der Waals surface area contributed by atoms with Crippen LogP contribution in [0.5, 0.6) is 0 Å². The summed E-state index contributed by atoms with van der Waals surface area (Å²) in [6.07, 6.45) is 4.91. The maximum absolute atomic E-state index is 11.4. The second-order valence-electron chi connectivity index (χ2n) is 5.88. The molecule has 1 aromatic rings. The minimum atomic E-state index is -3.08. The molecule has 0 aliphatic heterocycles. The Morgan fingerprint density at radius 2 is 1.76 bits per heavy atom. The molecule has 0 aliphatic rings. The molecular weight excluding hydrogens is 298 g/mol. The molecule has 0 atom stereocenters. The van der Waals surface area contributed by atoms with E-state index in [2.05, 4.69) is 18.9 Å². The van der Waals surface area contributed by atoms with Crippen LogP contribution in [0.25, 0.3) is 0 Å². The van der Waals surface area contributed by atoms with Gasteiger partial charge in [-0.15, -0.1) is 0 Å². The van der Waals surface area contributed by atoms with E-state index in [9.17, 15) is 8.42 Å². The molecule has 0 unspecified atom stereocenters. The second-order valence-corrected chi connectivity index (χ2v) is 10.0. The van der Waals surface area contributed by atoms with Crippen molar-refractivity contribution in [1.29, 1.82) is 0 Å². The fraction of sp³-hybridized carbons (Fsp3) is 0.625. The van der Waals surface area contributed by atoms with Crippen molar-refractivity contribution in [2.75, 3.05) is 26.4 Å². The van der Waals surface area contributed by atoms with Gasteiger partial charge in [0.2, 0.25) is 0 Å². The minimum Gasteiger partial charge on any atom is -0.306 e. The third kappa shape index (κ3) is 7.78. The number of sulfone groups is 1. The highest BCUT2D eigenvalue weighted by Crippen LogP contribution is 2.11. The summed E-state index contributed by atoms with van der Waals surface area (Å²) in [7, 11) is -0.702. The molecule has 1 rings (SSSR count). The summed E-state index contributed by atoms with van der Waals surface area (Å²) < 4.78 is 22.8. The Kier molecular flexibility index (Phi) is 8.22. The highest BCUT2D eigenvalue weighted by molar-refractivity contribution is 7.90. The molecule has 0 heterocycles. The average Bonchev–Trinajstić information content (AvgIpc) is 2.44. The van der Waals surface area contributed by atoms with E-state index in [-0.39, 0.29) is 9.52 Å². The van der Waals surface area contributed by atoms with Gasteiger partial charge < -0.3 is 4.90 Å². The van der Waals surface area contributed by atoms with Crippen LogP contribution in [0.4, 0.5) is 0 Å². The van der Waals surface area contributed by atoms with Crippen LogP contribution in [0, 0.1) is 0 Å². The van der Waals surface area contributed by atoms with Crippen LogP contribution in [0.15, 0.2) is 29.2 Å². The summed E-state index contributed by atoms with van der Waals surface area (Å²) in [6, 6.07) is 10.2. The zero-order valence-electron chi connectivity index (χ0n) is 13.6. The Balaban J connectivity index is 2.28. The van der Waals surface area contributed by atoms with Crippen LogP contribution in [0.3, 0.4) is 0 Å². The van der Waals surface area contributed by atoms with E-state index in [0.29, 0.717) is 4.90 Å². The van der Waals surface area contributed by atoms with Gasteiger partial charge in [-0.25, -0.2) is 8.42 Å². The van der Waals surface area contributed by atoms with Gasteiger partial charge in [0.1, 0.15) is 0 Å². The monoisotopic (exact) mass is 327 g/mol. The molecule has 0 saturated heterocycles. The number of hydrogen-bond donors (Lipinski definition) is 0. The van der Waals surface area contributed by atoms with Gasteiger partial charge in [0.15, 0.2) is 9.84 Å². The van der Waals surface area contributed by atoms with Crippen LogP contribution >= 0.6 is 0 Å². The molecule has 0 aromatic heterocycles. The standard InChI is InChI=1S/C16H29NO2SSi/c1-4-13-21-14-5-11-17(2)12-10-15-6-8-16(9-7-15)20(3,18)19/h6-9H,4-5,10-14,21H2,1-3H3. The van der Waals surface area contributed by atoms with E-state index in [1.165, 1.54) is 43.3 Å². The van der Waals surface area contributed by atoms with Crippen molar-refractivity contribution in [2.45, 2.75) is 43.2 Å². The largest absolute Gasteiger partial charge is 0.306 e. The van der Waals surface area contributed by atoms with Crippen LogP contribution < -0.4 is 0 Å². The first-order chi connectivity index (χ1) is 9.93. The average molecular weight is 328 g/mol. The minimum absolute atomic E-state index is 0.202. The van der Waals surface area contributed by atoms with Gasteiger partial charge in [0.05, 0.1) is 4.90 Å². The Morgan fingerprint density at radius 3 is 2.33 bits per heavy atom. The molecule has 0 N–H and O–H groups in total. The van der Waals surface area contributed by atoms with Crippen molar-refractivity contribution in [3.8, 4) is 0 Å². The summed E-state index contributed by atoms with van der Waals surface area (Å²) in [5, 5.41) is 0. The molecule has 5 heteroatoms. The summed E-state index contributed by atoms with van der Waals surface area (Å²) >= 11 is 0.